The number of hydrogen-bond acceptors (Lipinski definition) is 4. The fraction of sp³-hybridized carbons (Fsp3) is 0.214. The molecular formula is C42H38F4N4O2. The normalized spacial score (nSPS) is 14.5. The predicted octanol–water partition coefficient (Wildman–Crippen LogP) is 7.81. The van der Waals surface area contributed by atoms with E-state index in [1.165, 1.54) is 6.08 Å². The highest BCUT2D eigenvalue weighted by Crippen LogP contribution is 2.32. The average Bonchev–Trinajstić information content (AvgIpc) is 3.17. The topological polar surface area (TPSA) is 65.5 Å². The summed E-state index contributed by atoms with van der Waals surface area (Å²) in [4.78, 5) is 36.9. The molecule has 0 saturated carbocycles. The maximum atomic E-state index is 15.3. The number of amides is 2. The van der Waals surface area contributed by atoms with Gasteiger partial charge in [-0.15, -0.1) is 0 Å². The van der Waals surface area contributed by atoms with Gasteiger partial charge in [0, 0.05) is 62.2 Å². The zero-order chi connectivity index (χ0) is 36.5. The molecule has 1 aromatic heterocycles. The minimum Gasteiger partial charge on any atom is -0.348 e. The van der Waals surface area contributed by atoms with Gasteiger partial charge in [0.1, 0.15) is 5.82 Å². The van der Waals surface area contributed by atoms with Crippen molar-refractivity contribution in [1.29, 1.82) is 0 Å². The molecule has 6 nitrogen and oxygen atoms in total. The van der Waals surface area contributed by atoms with Gasteiger partial charge in [-0.05, 0) is 53.5 Å². The molecule has 0 radical (unpaired) electrons. The summed E-state index contributed by atoms with van der Waals surface area (Å²) in [7, 11) is 0. The van der Waals surface area contributed by atoms with Crippen LogP contribution in [0.4, 0.5) is 17.6 Å². The number of halogens is 4. The van der Waals surface area contributed by atoms with Crippen molar-refractivity contribution in [2.75, 3.05) is 26.2 Å². The SMILES string of the molecule is O=C(NCc1ccc(-c2ccccn2)cc1)C(=Cc1ccc(C(F)(F)F)cc1F)[C@H](Cc1ccccc1)C(=O)N1CCN(Cc2ccccc2)CC1. The van der Waals surface area contributed by atoms with Crippen molar-refractivity contribution >= 4 is 17.9 Å². The molecule has 1 atom stereocenters. The van der Waals surface area contributed by atoms with E-state index in [1.54, 1.807) is 11.1 Å². The second kappa shape index (κ2) is 16.6. The van der Waals surface area contributed by atoms with E-state index in [9.17, 15) is 22.8 Å². The summed E-state index contributed by atoms with van der Waals surface area (Å²) in [5, 5.41) is 2.89. The summed E-state index contributed by atoms with van der Waals surface area (Å²) in [6.07, 6.45) is -1.70. The molecule has 266 valence electrons. The van der Waals surface area contributed by atoms with E-state index < -0.39 is 29.4 Å². The number of benzene rings is 4. The third kappa shape index (κ3) is 9.38. The molecule has 1 aliphatic rings. The highest BCUT2D eigenvalue weighted by Gasteiger charge is 2.34. The Balaban J connectivity index is 1.29. The first-order valence-corrected chi connectivity index (χ1v) is 17.1. The molecule has 1 aliphatic heterocycles. The quantitative estimate of drug-likeness (QED) is 0.113. The van der Waals surface area contributed by atoms with Crippen LogP contribution in [-0.2, 0) is 35.3 Å². The van der Waals surface area contributed by atoms with Gasteiger partial charge in [-0.25, -0.2) is 4.39 Å². The van der Waals surface area contributed by atoms with E-state index in [4.69, 9.17) is 0 Å². The summed E-state index contributed by atoms with van der Waals surface area (Å²) in [5.41, 5.74) is 3.00. The summed E-state index contributed by atoms with van der Waals surface area (Å²) in [6.45, 7) is 2.91. The minimum absolute atomic E-state index is 0.0377. The maximum Gasteiger partial charge on any atom is 0.416 e. The number of pyridine rings is 1. The van der Waals surface area contributed by atoms with Crippen LogP contribution >= 0.6 is 0 Å². The largest absolute Gasteiger partial charge is 0.416 e. The molecule has 1 saturated heterocycles. The summed E-state index contributed by atoms with van der Waals surface area (Å²) in [5.74, 6) is -3.12. The van der Waals surface area contributed by atoms with Crippen LogP contribution in [0.25, 0.3) is 17.3 Å². The molecule has 52 heavy (non-hydrogen) atoms. The number of aromatic nitrogens is 1. The predicted molar refractivity (Wildman–Crippen MR) is 193 cm³/mol. The van der Waals surface area contributed by atoms with Crippen LogP contribution in [0.3, 0.4) is 0 Å². The number of carbonyl (C=O) groups excluding carboxylic acids is 2. The fourth-order valence-corrected chi connectivity index (χ4v) is 6.29. The Hall–Kier alpha value is -5.61. The van der Waals surface area contributed by atoms with Crippen LogP contribution in [0.1, 0.15) is 27.8 Å². The second-order valence-electron chi connectivity index (χ2n) is 12.8. The number of alkyl halides is 3. The van der Waals surface area contributed by atoms with Crippen molar-refractivity contribution in [1.82, 2.24) is 20.1 Å². The molecule has 6 rings (SSSR count). The minimum atomic E-state index is -4.75. The van der Waals surface area contributed by atoms with E-state index in [1.807, 2.05) is 91.0 Å². The lowest BCUT2D eigenvalue weighted by Crippen LogP contribution is -2.51. The molecule has 0 unspecified atom stereocenters. The Morgan fingerprint density at radius 3 is 2.04 bits per heavy atom. The second-order valence-corrected chi connectivity index (χ2v) is 12.8. The van der Waals surface area contributed by atoms with Gasteiger partial charge < -0.3 is 10.2 Å². The van der Waals surface area contributed by atoms with Crippen molar-refractivity contribution < 1.29 is 27.2 Å². The van der Waals surface area contributed by atoms with Gasteiger partial charge in [-0.1, -0.05) is 97.1 Å². The summed E-state index contributed by atoms with van der Waals surface area (Å²) < 4.78 is 55.5. The molecule has 0 aliphatic carbocycles. The number of hydrogen-bond donors (Lipinski definition) is 1. The molecule has 2 amide bonds. The molecule has 0 spiro atoms. The average molecular weight is 707 g/mol. The molecule has 2 heterocycles. The van der Waals surface area contributed by atoms with Gasteiger partial charge in [-0.3, -0.25) is 19.5 Å². The van der Waals surface area contributed by atoms with Crippen molar-refractivity contribution in [2.24, 2.45) is 5.92 Å². The molecule has 1 N–H and O–H groups in total. The molecular weight excluding hydrogens is 668 g/mol. The van der Waals surface area contributed by atoms with Gasteiger partial charge in [0.2, 0.25) is 11.8 Å². The third-order valence-corrected chi connectivity index (χ3v) is 9.16. The van der Waals surface area contributed by atoms with Gasteiger partial charge in [-0.2, -0.15) is 13.2 Å². The Labute approximate surface area is 300 Å². The molecule has 0 bridgehead atoms. The van der Waals surface area contributed by atoms with Crippen LogP contribution in [0.5, 0.6) is 0 Å². The Kier molecular flexibility index (Phi) is 11.6. The lowest BCUT2D eigenvalue weighted by molar-refractivity contribution is -0.138. The molecule has 10 heteroatoms. The van der Waals surface area contributed by atoms with Gasteiger partial charge in [0.25, 0.3) is 0 Å². The van der Waals surface area contributed by atoms with Crippen LogP contribution in [0.15, 0.2) is 133 Å². The van der Waals surface area contributed by atoms with E-state index in [-0.39, 0.29) is 30.0 Å². The lowest BCUT2D eigenvalue weighted by Gasteiger charge is -2.37. The number of nitrogens with zero attached hydrogens (tertiary/aromatic N) is 3. The first-order valence-electron chi connectivity index (χ1n) is 17.1. The van der Waals surface area contributed by atoms with E-state index in [0.717, 1.165) is 46.6 Å². The zero-order valence-corrected chi connectivity index (χ0v) is 28.4. The van der Waals surface area contributed by atoms with Crippen molar-refractivity contribution in [3.05, 3.63) is 167 Å². The van der Waals surface area contributed by atoms with E-state index >= 15 is 4.39 Å². The third-order valence-electron chi connectivity index (χ3n) is 9.16. The number of carbonyl (C=O) groups is 2. The van der Waals surface area contributed by atoms with Crippen LogP contribution < -0.4 is 5.32 Å². The lowest BCUT2D eigenvalue weighted by atomic mass is 9.88. The van der Waals surface area contributed by atoms with Gasteiger partial charge in [0.05, 0.1) is 17.2 Å². The Morgan fingerprint density at radius 2 is 1.42 bits per heavy atom. The monoisotopic (exact) mass is 706 g/mol. The fourth-order valence-electron chi connectivity index (χ4n) is 6.29. The van der Waals surface area contributed by atoms with Gasteiger partial charge >= 0.3 is 6.18 Å². The first kappa shape index (κ1) is 36.2. The van der Waals surface area contributed by atoms with Crippen LogP contribution in [-0.4, -0.2) is 52.8 Å². The molecule has 5 aromatic rings. The summed E-state index contributed by atoms with van der Waals surface area (Å²) in [6, 6.07) is 34.5. The standard InChI is InChI=1S/C42H38F4N4O2/c43-38-27-35(42(44,45)46)19-18-34(38)26-36(40(51)48-28-31-14-16-33(17-15-31)39-13-7-8-20-47-39)37(25-30-9-3-1-4-10-30)41(52)50-23-21-49(22-24-50)29-32-11-5-2-6-12-32/h1-20,26-27,37H,21-25,28-29H2,(H,48,51)/t37-/m0/s1. The highest BCUT2D eigenvalue weighted by atomic mass is 19.4. The Morgan fingerprint density at radius 1 is 0.769 bits per heavy atom. The first-order chi connectivity index (χ1) is 25.1. The number of nitrogens with one attached hydrogen (secondary N) is 1. The molecule has 1 fully saturated rings. The van der Waals surface area contributed by atoms with E-state index in [2.05, 4.69) is 27.3 Å². The number of piperazine rings is 1. The van der Waals surface area contributed by atoms with Crippen molar-refractivity contribution in [3.8, 4) is 11.3 Å². The Bertz CT molecular complexity index is 1980. The molecule has 4 aromatic carbocycles. The summed E-state index contributed by atoms with van der Waals surface area (Å²) >= 11 is 0. The van der Waals surface area contributed by atoms with Crippen molar-refractivity contribution in [2.45, 2.75) is 25.7 Å². The number of rotatable bonds is 11. The van der Waals surface area contributed by atoms with Crippen LogP contribution in [0, 0.1) is 11.7 Å². The van der Waals surface area contributed by atoms with E-state index in [0.29, 0.717) is 32.2 Å². The van der Waals surface area contributed by atoms with Gasteiger partial charge in [0.15, 0.2) is 0 Å². The highest BCUT2D eigenvalue weighted by molar-refractivity contribution is 6.04. The smallest absolute Gasteiger partial charge is 0.348 e. The van der Waals surface area contributed by atoms with Crippen LogP contribution in [0.2, 0.25) is 0 Å². The zero-order valence-electron chi connectivity index (χ0n) is 28.4. The maximum absolute atomic E-state index is 15.3. The van der Waals surface area contributed by atoms with Crippen molar-refractivity contribution in [3.63, 3.8) is 0 Å².